The molecule has 0 amide bonds. The van der Waals surface area contributed by atoms with Gasteiger partial charge in [-0.15, -0.1) is 0 Å². The molecule has 0 fully saturated rings. The van der Waals surface area contributed by atoms with E-state index in [1.165, 1.54) is 24.3 Å². The highest BCUT2D eigenvalue weighted by atomic mass is 32.2. The van der Waals surface area contributed by atoms with Crippen molar-refractivity contribution < 1.29 is 38.9 Å². The number of benzene rings is 1. The van der Waals surface area contributed by atoms with Crippen LogP contribution in [0.5, 0.6) is 0 Å². The summed E-state index contributed by atoms with van der Waals surface area (Å²) in [5, 5.41) is 0. The van der Waals surface area contributed by atoms with E-state index in [-0.39, 0.29) is 11.3 Å². The summed E-state index contributed by atoms with van der Waals surface area (Å²) in [6, 6.07) is 5.58. The number of nitrogens with zero attached hydrogens (tertiary/aromatic N) is 1. The Labute approximate surface area is 138 Å². The number of aliphatic imine (C=N–C) groups is 1. The van der Waals surface area contributed by atoms with Crippen LogP contribution in [0.4, 0.5) is 5.69 Å². The van der Waals surface area contributed by atoms with Crippen molar-refractivity contribution in [1.29, 1.82) is 0 Å². The minimum atomic E-state index is -4.80. The third kappa shape index (κ3) is 4.37. The Bertz CT molecular complexity index is 973. The van der Waals surface area contributed by atoms with Gasteiger partial charge in [-0.3, -0.25) is 18.7 Å². The SMILES string of the molecule is O=S(=O)(O)CC1=Nc2ccccc2C1(CS(=O)(=O)O)CS(=O)(=O)O. The molecule has 0 unspecified atom stereocenters. The molecule has 24 heavy (non-hydrogen) atoms. The fourth-order valence-corrected chi connectivity index (χ4v) is 5.62. The van der Waals surface area contributed by atoms with Crippen molar-refractivity contribution in [2.24, 2.45) is 4.99 Å². The molecule has 0 spiro atoms. The van der Waals surface area contributed by atoms with Crippen molar-refractivity contribution in [3.05, 3.63) is 29.8 Å². The molecular weight excluding hydrogens is 386 g/mol. The van der Waals surface area contributed by atoms with Crippen molar-refractivity contribution in [3.8, 4) is 0 Å². The predicted octanol–water partition coefficient (Wildman–Crippen LogP) is -0.326. The number of fused-ring (bicyclic) bond motifs is 1. The lowest BCUT2D eigenvalue weighted by atomic mass is 9.81. The topological polar surface area (TPSA) is 175 Å². The molecule has 0 aliphatic carbocycles. The highest BCUT2D eigenvalue weighted by Crippen LogP contribution is 2.42. The molecular formula is C11H13NO9S3. The summed E-state index contributed by atoms with van der Waals surface area (Å²) in [6.07, 6.45) is 0. The number of para-hydroxylation sites is 1. The van der Waals surface area contributed by atoms with E-state index in [0.717, 1.165) is 0 Å². The zero-order valence-electron chi connectivity index (χ0n) is 11.9. The summed E-state index contributed by atoms with van der Waals surface area (Å²) in [5.74, 6) is -3.62. The van der Waals surface area contributed by atoms with Gasteiger partial charge < -0.3 is 0 Å². The molecule has 134 valence electrons. The zero-order valence-corrected chi connectivity index (χ0v) is 14.3. The molecule has 1 aliphatic heterocycles. The lowest BCUT2D eigenvalue weighted by molar-refractivity contribution is 0.459. The molecule has 13 heteroatoms. The number of hydrogen-bond donors (Lipinski definition) is 3. The van der Waals surface area contributed by atoms with Crippen LogP contribution in [-0.2, 0) is 35.8 Å². The molecule has 1 aromatic carbocycles. The summed E-state index contributed by atoms with van der Waals surface area (Å²) >= 11 is 0. The van der Waals surface area contributed by atoms with Crippen molar-refractivity contribution >= 4 is 41.8 Å². The largest absolute Gasteiger partial charge is 0.286 e. The Kier molecular flexibility index (Phi) is 4.62. The standard InChI is InChI=1S/C11H13NO9S3/c13-22(14,15)5-10-11(6-23(16,17)18,7-24(19,20)21)8-3-1-2-4-9(8)12-10/h1-4H,5-7H2,(H,13,14,15)(H,16,17,18)(H,19,20,21). The first-order valence-corrected chi connectivity index (χ1v) is 11.1. The molecule has 1 aromatic rings. The van der Waals surface area contributed by atoms with Crippen molar-refractivity contribution in [3.63, 3.8) is 0 Å². The molecule has 0 saturated heterocycles. The number of rotatable bonds is 6. The minimum Gasteiger partial charge on any atom is -0.286 e. The minimum absolute atomic E-state index is 0.00102. The Hall–Kier alpha value is -1.38. The molecule has 0 bridgehead atoms. The zero-order chi connectivity index (χ0) is 18.4. The molecule has 0 atom stereocenters. The first kappa shape index (κ1) is 19.0. The molecule has 0 saturated carbocycles. The Morgan fingerprint density at radius 3 is 1.79 bits per heavy atom. The highest BCUT2D eigenvalue weighted by Gasteiger charge is 2.50. The van der Waals surface area contributed by atoms with E-state index in [1.807, 2.05) is 0 Å². The van der Waals surface area contributed by atoms with Gasteiger partial charge in [0.2, 0.25) is 0 Å². The second kappa shape index (κ2) is 5.86. The Morgan fingerprint density at radius 2 is 1.33 bits per heavy atom. The predicted molar refractivity (Wildman–Crippen MR) is 84.5 cm³/mol. The van der Waals surface area contributed by atoms with Gasteiger partial charge in [-0.1, -0.05) is 18.2 Å². The van der Waals surface area contributed by atoms with Crippen molar-refractivity contribution in [2.75, 3.05) is 17.3 Å². The van der Waals surface area contributed by atoms with Crippen LogP contribution in [0, 0.1) is 0 Å². The van der Waals surface area contributed by atoms with E-state index in [1.54, 1.807) is 0 Å². The van der Waals surface area contributed by atoms with Gasteiger partial charge in [0, 0.05) is 5.71 Å². The second-order valence-electron chi connectivity index (χ2n) is 5.34. The van der Waals surface area contributed by atoms with Gasteiger partial charge >= 0.3 is 0 Å². The van der Waals surface area contributed by atoms with Gasteiger partial charge in [0.05, 0.1) is 22.6 Å². The normalized spacial score (nSPS) is 17.4. The fraction of sp³-hybridized carbons (Fsp3) is 0.364. The van der Waals surface area contributed by atoms with Crippen LogP contribution in [0.1, 0.15) is 5.56 Å². The van der Waals surface area contributed by atoms with Crippen LogP contribution in [0.25, 0.3) is 0 Å². The van der Waals surface area contributed by atoms with E-state index >= 15 is 0 Å². The lowest BCUT2D eigenvalue weighted by Crippen LogP contribution is -2.48. The van der Waals surface area contributed by atoms with Gasteiger partial charge in [0.1, 0.15) is 5.75 Å². The molecule has 10 nitrogen and oxygen atoms in total. The first-order valence-electron chi connectivity index (χ1n) is 6.25. The van der Waals surface area contributed by atoms with Crippen LogP contribution in [-0.4, -0.2) is 61.9 Å². The summed E-state index contributed by atoms with van der Waals surface area (Å²) in [7, 11) is -14.3. The summed E-state index contributed by atoms with van der Waals surface area (Å²) in [6.45, 7) is 0. The average molecular weight is 399 g/mol. The Balaban J connectivity index is 2.77. The maximum atomic E-state index is 11.4. The smallest absolute Gasteiger partial charge is 0.270 e. The van der Waals surface area contributed by atoms with Crippen molar-refractivity contribution in [1.82, 2.24) is 0 Å². The molecule has 2 rings (SSSR count). The maximum Gasteiger partial charge on any atom is 0.270 e. The monoisotopic (exact) mass is 399 g/mol. The van der Waals surface area contributed by atoms with E-state index in [9.17, 15) is 34.4 Å². The quantitative estimate of drug-likeness (QED) is 0.541. The molecule has 3 N–H and O–H groups in total. The van der Waals surface area contributed by atoms with Gasteiger partial charge in [-0.05, 0) is 11.6 Å². The van der Waals surface area contributed by atoms with E-state index in [4.69, 9.17) is 4.55 Å². The highest BCUT2D eigenvalue weighted by molar-refractivity contribution is 7.87. The Morgan fingerprint density at radius 1 is 0.833 bits per heavy atom. The number of hydrogen-bond acceptors (Lipinski definition) is 7. The molecule has 0 radical (unpaired) electrons. The third-order valence-corrected chi connectivity index (χ3v) is 5.76. The summed E-state index contributed by atoms with van der Waals surface area (Å²) < 4.78 is 95.5. The first-order chi connectivity index (χ1) is 10.7. The van der Waals surface area contributed by atoms with Gasteiger partial charge in [-0.25, -0.2) is 0 Å². The summed E-state index contributed by atoms with van der Waals surface area (Å²) in [4.78, 5) is 3.89. The third-order valence-electron chi connectivity index (χ3n) is 3.40. The second-order valence-corrected chi connectivity index (χ2v) is 9.69. The average Bonchev–Trinajstić information content (AvgIpc) is 2.57. The molecule has 1 aliphatic rings. The van der Waals surface area contributed by atoms with Gasteiger partial charge in [0.25, 0.3) is 30.4 Å². The van der Waals surface area contributed by atoms with Gasteiger partial charge in [-0.2, -0.15) is 25.3 Å². The van der Waals surface area contributed by atoms with Crippen LogP contribution < -0.4 is 0 Å². The van der Waals surface area contributed by atoms with E-state index in [0.29, 0.717) is 0 Å². The molecule has 0 aromatic heterocycles. The van der Waals surface area contributed by atoms with Gasteiger partial charge in [0.15, 0.2) is 0 Å². The van der Waals surface area contributed by atoms with Crippen LogP contribution in [0.15, 0.2) is 29.3 Å². The van der Waals surface area contributed by atoms with Crippen LogP contribution >= 0.6 is 0 Å². The van der Waals surface area contributed by atoms with Crippen molar-refractivity contribution in [2.45, 2.75) is 5.41 Å². The molecule has 1 heterocycles. The van der Waals surface area contributed by atoms with E-state index < -0.39 is 58.7 Å². The van der Waals surface area contributed by atoms with Crippen LogP contribution in [0.2, 0.25) is 0 Å². The van der Waals surface area contributed by atoms with E-state index in [2.05, 4.69) is 4.99 Å². The van der Waals surface area contributed by atoms with Crippen LogP contribution in [0.3, 0.4) is 0 Å². The summed E-state index contributed by atoms with van der Waals surface area (Å²) in [5.41, 5.74) is -2.59. The lowest BCUT2D eigenvalue weighted by Gasteiger charge is -2.29. The fourth-order valence-electron chi connectivity index (χ4n) is 2.71. The maximum absolute atomic E-state index is 11.4.